The van der Waals surface area contributed by atoms with Crippen LogP contribution in [-0.2, 0) is 0 Å². The van der Waals surface area contributed by atoms with Crippen LogP contribution in [0.25, 0.3) is 10.8 Å². The van der Waals surface area contributed by atoms with Gasteiger partial charge < -0.3 is 4.42 Å². The van der Waals surface area contributed by atoms with Gasteiger partial charge in [0, 0.05) is 23.3 Å². The third-order valence-corrected chi connectivity index (χ3v) is 3.48. The van der Waals surface area contributed by atoms with Gasteiger partial charge in [0.2, 0.25) is 0 Å². The van der Waals surface area contributed by atoms with Crippen molar-refractivity contribution in [2.24, 2.45) is 5.84 Å². The van der Waals surface area contributed by atoms with Crippen molar-refractivity contribution in [2.75, 3.05) is 0 Å². The molecule has 0 bridgehead atoms. The van der Waals surface area contributed by atoms with Crippen LogP contribution in [0, 0.1) is 0 Å². The Morgan fingerprint density at radius 2 is 2.00 bits per heavy atom. The second kappa shape index (κ2) is 5.13. The zero-order valence-corrected chi connectivity index (χ0v) is 11.6. The molecule has 0 spiro atoms. The van der Waals surface area contributed by atoms with E-state index in [0.717, 1.165) is 22.1 Å². The highest BCUT2D eigenvalue weighted by Gasteiger charge is 2.18. The molecule has 1 atom stereocenters. The number of benzene rings is 1. The van der Waals surface area contributed by atoms with Crippen molar-refractivity contribution in [3.8, 4) is 0 Å². The van der Waals surface area contributed by atoms with Gasteiger partial charge in [-0.15, -0.1) is 0 Å². The zero-order valence-electron chi connectivity index (χ0n) is 10.0. The molecule has 0 aliphatic heterocycles. The molecule has 5 heteroatoms. The van der Waals surface area contributed by atoms with Gasteiger partial charge >= 0.3 is 0 Å². The van der Waals surface area contributed by atoms with Gasteiger partial charge in [-0.2, -0.15) is 0 Å². The Bertz CT molecular complexity index is 705. The Hall–Kier alpha value is -1.69. The fourth-order valence-electron chi connectivity index (χ4n) is 2.18. The van der Waals surface area contributed by atoms with E-state index in [1.54, 1.807) is 0 Å². The Morgan fingerprint density at radius 1 is 1.16 bits per heavy atom. The first-order chi connectivity index (χ1) is 9.29. The van der Waals surface area contributed by atoms with Gasteiger partial charge in [-0.05, 0) is 33.4 Å². The van der Waals surface area contributed by atoms with Crippen LogP contribution in [0.3, 0.4) is 0 Å². The summed E-state index contributed by atoms with van der Waals surface area (Å²) in [5.74, 6) is 6.43. The summed E-state index contributed by atoms with van der Waals surface area (Å²) in [5, 5.41) is 2.18. The van der Waals surface area contributed by atoms with Gasteiger partial charge in [-0.25, -0.2) is 5.43 Å². The molecule has 1 unspecified atom stereocenters. The molecule has 0 saturated heterocycles. The van der Waals surface area contributed by atoms with E-state index in [1.165, 1.54) is 0 Å². The highest BCUT2D eigenvalue weighted by Crippen LogP contribution is 2.29. The third-order valence-electron chi connectivity index (χ3n) is 3.06. The average Bonchev–Trinajstić information content (AvgIpc) is 2.86. The number of hydrogen-bond acceptors (Lipinski definition) is 4. The van der Waals surface area contributed by atoms with Crippen LogP contribution in [0.4, 0.5) is 0 Å². The second-order valence-electron chi connectivity index (χ2n) is 4.19. The summed E-state index contributed by atoms with van der Waals surface area (Å²) in [5.41, 5.74) is 3.77. The van der Waals surface area contributed by atoms with E-state index in [-0.39, 0.29) is 6.04 Å². The van der Waals surface area contributed by atoms with Crippen molar-refractivity contribution < 1.29 is 4.42 Å². The number of pyridine rings is 1. The van der Waals surface area contributed by atoms with Crippen molar-refractivity contribution in [3.63, 3.8) is 0 Å². The lowest BCUT2D eigenvalue weighted by molar-refractivity contribution is 0.438. The van der Waals surface area contributed by atoms with Crippen LogP contribution in [0.1, 0.15) is 17.4 Å². The first-order valence-corrected chi connectivity index (χ1v) is 6.63. The summed E-state index contributed by atoms with van der Waals surface area (Å²) in [6, 6.07) is 11.6. The van der Waals surface area contributed by atoms with E-state index in [9.17, 15) is 0 Å². The summed E-state index contributed by atoms with van der Waals surface area (Å²) in [6.07, 6.45) is 3.65. The monoisotopic (exact) mass is 317 g/mol. The smallest absolute Gasteiger partial charge is 0.169 e. The fourth-order valence-corrected chi connectivity index (χ4v) is 2.50. The lowest BCUT2D eigenvalue weighted by Gasteiger charge is -2.15. The van der Waals surface area contributed by atoms with E-state index in [2.05, 4.69) is 32.4 Å². The maximum atomic E-state index is 5.68. The molecule has 0 radical (unpaired) electrons. The van der Waals surface area contributed by atoms with Crippen molar-refractivity contribution in [3.05, 3.63) is 64.8 Å². The molecule has 3 aromatic rings. The maximum absolute atomic E-state index is 5.68. The average molecular weight is 318 g/mol. The molecular formula is C14H12BrN3O. The van der Waals surface area contributed by atoms with Crippen LogP contribution in [0.5, 0.6) is 0 Å². The van der Waals surface area contributed by atoms with Gasteiger partial charge in [0.15, 0.2) is 4.67 Å². The molecule has 0 amide bonds. The highest BCUT2D eigenvalue weighted by atomic mass is 79.9. The van der Waals surface area contributed by atoms with Crippen LogP contribution in [0.15, 0.2) is 57.9 Å². The molecule has 3 N–H and O–H groups in total. The summed E-state index contributed by atoms with van der Waals surface area (Å²) in [4.78, 5) is 4.27. The number of nitrogens with one attached hydrogen (secondary N) is 1. The summed E-state index contributed by atoms with van der Waals surface area (Å²) in [6.45, 7) is 0. The molecule has 0 fully saturated rings. The minimum Gasteiger partial charge on any atom is -0.452 e. The predicted molar refractivity (Wildman–Crippen MR) is 77.3 cm³/mol. The van der Waals surface area contributed by atoms with Crippen molar-refractivity contribution in [1.29, 1.82) is 0 Å². The van der Waals surface area contributed by atoms with E-state index in [1.807, 2.05) is 42.7 Å². The van der Waals surface area contributed by atoms with E-state index in [4.69, 9.17) is 10.3 Å². The number of fused-ring (bicyclic) bond motifs is 1. The largest absolute Gasteiger partial charge is 0.452 e. The number of halogens is 1. The van der Waals surface area contributed by atoms with Gasteiger partial charge in [0.1, 0.15) is 11.8 Å². The molecule has 4 nitrogen and oxygen atoms in total. The van der Waals surface area contributed by atoms with Gasteiger partial charge in [-0.3, -0.25) is 10.8 Å². The van der Waals surface area contributed by atoms with Crippen molar-refractivity contribution >= 4 is 26.7 Å². The summed E-state index contributed by atoms with van der Waals surface area (Å²) >= 11 is 3.30. The Kier molecular flexibility index (Phi) is 3.33. The van der Waals surface area contributed by atoms with E-state index in [0.29, 0.717) is 4.67 Å². The van der Waals surface area contributed by atoms with E-state index < -0.39 is 0 Å². The Morgan fingerprint density at radius 3 is 2.74 bits per heavy atom. The number of aromatic nitrogens is 1. The summed E-state index contributed by atoms with van der Waals surface area (Å²) in [7, 11) is 0. The predicted octanol–water partition coefficient (Wildman–Crippen LogP) is 3.14. The number of furan rings is 1. The molecule has 2 aromatic heterocycles. The SMILES string of the molecule is NNC(c1ccc(Br)o1)c1cncc2ccccc12. The summed E-state index contributed by atoms with van der Waals surface area (Å²) < 4.78 is 6.26. The number of nitrogens with two attached hydrogens (primary N) is 1. The van der Waals surface area contributed by atoms with Gasteiger partial charge in [0.25, 0.3) is 0 Å². The molecule has 2 heterocycles. The molecule has 0 saturated carbocycles. The Balaban J connectivity index is 2.16. The van der Waals surface area contributed by atoms with Crippen LogP contribution >= 0.6 is 15.9 Å². The lowest BCUT2D eigenvalue weighted by atomic mass is 10.0. The molecule has 1 aromatic carbocycles. The van der Waals surface area contributed by atoms with Gasteiger partial charge in [0.05, 0.1) is 0 Å². The standard InChI is InChI=1S/C14H12BrN3O/c15-13-6-5-12(19-13)14(18-16)11-8-17-7-9-3-1-2-4-10(9)11/h1-8,14,18H,16H2. The molecule has 19 heavy (non-hydrogen) atoms. The van der Waals surface area contributed by atoms with Crippen molar-refractivity contribution in [2.45, 2.75) is 6.04 Å². The zero-order chi connectivity index (χ0) is 13.2. The van der Waals surface area contributed by atoms with E-state index >= 15 is 0 Å². The van der Waals surface area contributed by atoms with Crippen LogP contribution in [-0.4, -0.2) is 4.98 Å². The number of hydrazine groups is 1. The number of nitrogens with zero attached hydrogens (tertiary/aromatic N) is 1. The number of hydrogen-bond donors (Lipinski definition) is 2. The highest BCUT2D eigenvalue weighted by molar-refractivity contribution is 9.10. The third kappa shape index (κ3) is 2.28. The molecular weight excluding hydrogens is 306 g/mol. The van der Waals surface area contributed by atoms with Gasteiger partial charge in [-0.1, -0.05) is 24.3 Å². The van der Waals surface area contributed by atoms with Crippen LogP contribution in [0.2, 0.25) is 0 Å². The molecule has 0 aliphatic carbocycles. The fraction of sp³-hybridized carbons (Fsp3) is 0.0714. The molecule has 96 valence electrons. The maximum Gasteiger partial charge on any atom is 0.169 e. The minimum atomic E-state index is -0.232. The van der Waals surface area contributed by atoms with Crippen molar-refractivity contribution in [1.82, 2.24) is 10.4 Å². The topological polar surface area (TPSA) is 64.1 Å². The second-order valence-corrected chi connectivity index (χ2v) is 4.97. The molecule has 0 aliphatic rings. The quantitative estimate of drug-likeness (QED) is 0.575. The molecule has 3 rings (SSSR count). The minimum absolute atomic E-state index is 0.232. The first kappa shape index (κ1) is 12.3. The Labute approximate surface area is 118 Å². The lowest BCUT2D eigenvalue weighted by Crippen LogP contribution is -2.28. The normalized spacial score (nSPS) is 12.7. The number of rotatable bonds is 3. The first-order valence-electron chi connectivity index (χ1n) is 5.83. The van der Waals surface area contributed by atoms with Crippen LogP contribution < -0.4 is 11.3 Å².